The molecule has 1 aromatic rings. The molecular formula is C15H25N3O2. The van der Waals surface area contributed by atoms with Crippen LogP contribution in [0.15, 0.2) is 4.42 Å². The van der Waals surface area contributed by atoms with Gasteiger partial charge in [-0.1, -0.05) is 20.8 Å². The van der Waals surface area contributed by atoms with E-state index in [0.717, 1.165) is 19.5 Å². The molecule has 1 amide bonds. The molecule has 5 nitrogen and oxygen atoms in total. The lowest BCUT2D eigenvalue weighted by molar-refractivity contribution is 0.0935. The van der Waals surface area contributed by atoms with Crippen molar-refractivity contribution < 1.29 is 9.21 Å². The summed E-state index contributed by atoms with van der Waals surface area (Å²) in [7, 11) is 0. The number of oxazole rings is 1. The van der Waals surface area contributed by atoms with Crippen LogP contribution < -0.4 is 5.32 Å². The standard InChI is InChI=1S/C15H25N3O2/c1-5-18-8-6-7-12(18)9-16-14(19)13-11(4)20-15(17-13)10(2)3/h10,12H,5-9H2,1-4H3,(H,16,19)/t12-/m0/s1. The number of likely N-dealkylation sites (N-methyl/N-ethyl adjacent to an activating group) is 1. The fourth-order valence-corrected chi connectivity index (χ4v) is 2.71. The van der Waals surface area contributed by atoms with E-state index in [1.54, 1.807) is 6.92 Å². The first kappa shape index (κ1) is 15.0. The van der Waals surface area contributed by atoms with Crippen LogP contribution >= 0.6 is 0 Å². The Hall–Kier alpha value is -1.36. The van der Waals surface area contributed by atoms with Crippen molar-refractivity contribution in [3.05, 3.63) is 17.3 Å². The molecule has 0 bridgehead atoms. The molecule has 0 saturated carbocycles. The van der Waals surface area contributed by atoms with Crippen molar-refractivity contribution in [2.24, 2.45) is 0 Å². The topological polar surface area (TPSA) is 58.4 Å². The SMILES string of the molecule is CCN1CCC[C@H]1CNC(=O)c1nc(C(C)C)oc1C. The lowest BCUT2D eigenvalue weighted by Crippen LogP contribution is -2.40. The number of amides is 1. The Balaban J connectivity index is 1.95. The molecule has 1 atom stereocenters. The van der Waals surface area contributed by atoms with Crippen molar-refractivity contribution in [1.29, 1.82) is 0 Å². The lowest BCUT2D eigenvalue weighted by atomic mass is 10.2. The second kappa shape index (κ2) is 6.39. The largest absolute Gasteiger partial charge is 0.445 e. The summed E-state index contributed by atoms with van der Waals surface area (Å²) >= 11 is 0. The maximum Gasteiger partial charge on any atom is 0.273 e. The van der Waals surface area contributed by atoms with Gasteiger partial charge in [0.2, 0.25) is 0 Å². The molecule has 1 saturated heterocycles. The monoisotopic (exact) mass is 279 g/mol. The zero-order valence-electron chi connectivity index (χ0n) is 12.9. The molecular weight excluding hydrogens is 254 g/mol. The minimum absolute atomic E-state index is 0.124. The predicted octanol–water partition coefficient (Wildman–Crippen LogP) is 2.32. The van der Waals surface area contributed by atoms with E-state index in [1.807, 2.05) is 13.8 Å². The smallest absolute Gasteiger partial charge is 0.273 e. The molecule has 0 aliphatic carbocycles. The van der Waals surface area contributed by atoms with E-state index in [9.17, 15) is 4.79 Å². The van der Waals surface area contributed by atoms with Crippen LogP contribution in [0.5, 0.6) is 0 Å². The van der Waals surface area contributed by atoms with Crippen LogP contribution in [0.2, 0.25) is 0 Å². The highest BCUT2D eigenvalue weighted by Gasteiger charge is 2.24. The molecule has 2 heterocycles. The summed E-state index contributed by atoms with van der Waals surface area (Å²) in [4.78, 5) is 18.9. The summed E-state index contributed by atoms with van der Waals surface area (Å²) in [6.45, 7) is 10.8. The van der Waals surface area contributed by atoms with Crippen LogP contribution in [-0.4, -0.2) is 41.5 Å². The van der Waals surface area contributed by atoms with Gasteiger partial charge in [0, 0.05) is 18.5 Å². The molecule has 112 valence electrons. The number of rotatable bonds is 5. The molecule has 5 heteroatoms. The van der Waals surface area contributed by atoms with Gasteiger partial charge in [0.25, 0.3) is 5.91 Å². The molecule has 1 N–H and O–H groups in total. The zero-order chi connectivity index (χ0) is 14.7. The molecule has 0 unspecified atom stereocenters. The number of aryl methyl sites for hydroxylation is 1. The second-order valence-corrected chi connectivity index (χ2v) is 5.75. The zero-order valence-corrected chi connectivity index (χ0v) is 12.9. The van der Waals surface area contributed by atoms with Crippen LogP contribution in [0.25, 0.3) is 0 Å². The van der Waals surface area contributed by atoms with Gasteiger partial charge in [0.15, 0.2) is 11.6 Å². The quantitative estimate of drug-likeness (QED) is 0.898. The summed E-state index contributed by atoms with van der Waals surface area (Å²) in [5, 5.41) is 3.00. The number of likely N-dealkylation sites (tertiary alicyclic amines) is 1. The van der Waals surface area contributed by atoms with E-state index in [-0.39, 0.29) is 11.8 Å². The maximum atomic E-state index is 12.2. The highest BCUT2D eigenvalue weighted by atomic mass is 16.4. The van der Waals surface area contributed by atoms with E-state index in [0.29, 0.717) is 29.9 Å². The van der Waals surface area contributed by atoms with Crippen molar-refractivity contribution in [1.82, 2.24) is 15.2 Å². The minimum Gasteiger partial charge on any atom is -0.445 e. The Kier molecular flexibility index (Phi) is 4.81. The number of carbonyl (C=O) groups excluding carboxylic acids is 1. The summed E-state index contributed by atoms with van der Waals surface area (Å²) in [6, 6.07) is 0.459. The number of hydrogen-bond donors (Lipinski definition) is 1. The van der Waals surface area contributed by atoms with E-state index in [2.05, 4.69) is 22.1 Å². The lowest BCUT2D eigenvalue weighted by Gasteiger charge is -2.22. The average molecular weight is 279 g/mol. The Bertz CT molecular complexity index is 468. The normalized spacial score (nSPS) is 19.8. The first-order chi connectivity index (χ1) is 9.52. The Labute approximate surface area is 120 Å². The van der Waals surface area contributed by atoms with Crippen LogP contribution in [0, 0.1) is 6.92 Å². The molecule has 0 spiro atoms. The number of hydrogen-bond acceptors (Lipinski definition) is 4. The Morgan fingerprint density at radius 2 is 2.30 bits per heavy atom. The van der Waals surface area contributed by atoms with Gasteiger partial charge in [-0.25, -0.2) is 4.98 Å². The van der Waals surface area contributed by atoms with Gasteiger partial charge in [-0.15, -0.1) is 0 Å². The second-order valence-electron chi connectivity index (χ2n) is 5.75. The van der Waals surface area contributed by atoms with Crippen molar-refractivity contribution in [2.45, 2.75) is 52.5 Å². The van der Waals surface area contributed by atoms with E-state index >= 15 is 0 Å². The summed E-state index contributed by atoms with van der Waals surface area (Å²) < 4.78 is 5.53. The summed E-state index contributed by atoms with van der Waals surface area (Å²) in [5.74, 6) is 1.30. The van der Waals surface area contributed by atoms with Crippen LogP contribution in [0.4, 0.5) is 0 Å². The van der Waals surface area contributed by atoms with Gasteiger partial charge in [0.1, 0.15) is 5.76 Å². The number of nitrogens with zero attached hydrogens (tertiary/aromatic N) is 2. The first-order valence-corrected chi connectivity index (χ1v) is 7.52. The maximum absolute atomic E-state index is 12.2. The average Bonchev–Trinajstić information content (AvgIpc) is 3.01. The molecule has 0 radical (unpaired) electrons. The highest BCUT2D eigenvalue weighted by molar-refractivity contribution is 5.93. The first-order valence-electron chi connectivity index (χ1n) is 7.52. The van der Waals surface area contributed by atoms with Crippen LogP contribution in [0.3, 0.4) is 0 Å². The number of aromatic nitrogens is 1. The summed E-state index contributed by atoms with van der Waals surface area (Å²) in [5.41, 5.74) is 0.426. The van der Waals surface area contributed by atoms with E-state index < -0.39 is 0 Å². The van der Waals surface area contributed by atoms with Gasteiger partial charge in [-0.05, 0) is 32.9 Å². The molecule has 1 aliphatic rings. The van der Waals surface area contributed by atoms with Crippen molar-refractivity contribution in [3.8, 4) is 0 Å². The molecule has 1 aromatic heterocycles. The Morgan fingerprint density at radius 1 is 1.55 bits per heavy atom. The van der Waals surface area contributed by atoms with Crippen LogP contribution in [0.1, 0.15) is 61.7 Å². The van der Waals surface area contributed by atoms with Gasteiger partial charge < -0.3 is 9.73 Å². The molecule has 1 aliphatic heterocycles. The van der Waals surface area contributed by atoms with Gasteiger partial charge in [-0.2, -0.15) is 0 Å². The molecule has 0 aromatic carbocycles. The summed E-state index contributed by atoms with van der Waals surface area (Å²) in [6.07, 6.45) is 2.37. The Morgan fingerprint density at radius 3 is 2.90 bits per heavy atom. The van der Waals surface area contributed by atoms with Gasteiger partial charge in [0.05, 0.1) is 0 Å². The van der Waals surface area contributed by atoms with Crippen molar-refractivity contribution >= 4 is 5.91 Å². The van der Waals surface area contributed by atoms with E-state index in [1.165, 1.54) is 6.42 Å². The predicted molar refractivity (Wildman–Crippen MR) is 77.9 cm³/mol. The van der Waals surface area contributed by atoms with E-state index in [4.69, 9.17) is 4.42 Å². The van der Waals surface area contributed by atoms with Crippen molar-refractivity contribution in [3.63, 3.8) is 0 Å². The molecule has 1 fully saturated rings. The third kappa shape index (κ3) is 3.20. The number of carbonyl (C=O) groups is 1. The van der Waals surface area contributed by atoms with Crippen molar-refractivity contribution in [2.75, 3.05) is 19.6 Å². The van der Waals surface area contributed by atoms with Gasteiger partial charge in [-0.3, -0.25) is 9.69 Å². The molecule has 2 rings (SSSR count). The van der Waals surface area contributed by atoms with Crippen LogP contribution in [-0.2, 0) is 0 Å². The highest BCUT2D eigenvalue weighted by Crippen LogP contribution is 2.18. The minimum atomic E-state index is -0.124. The number of nitrogens with one attached hydrogen (secondary N) is 1. The molecule has 20 heavy (non-hydrogen) atoms. The third-order valence-corrected chi connectivity index (χ3v) is 3.93. The van der Waals surface area contributed by atoms with Gasteiger partial charge >= 0.3 is 0 Å². The fraction of sp³-hybridized carbons (Fsp3) is 0.733. The third-order valence-electron chi connectivity index (χ3n) is 3.93. The fourth-order valence-electron chi connectivity index (χ4n) is 2.71.